The largest absolute Gasteiger partial charge is 0.494 e. The van der Waals surface area contributed by atoms with Crippen molar-refractivity contribution in [1.29, 1.82) is 0 Å². The van der Waals surface area contributed by atoms with E-state index >= 15 is 0 Å². The zero-order chi connectivity index (χ0) is 13.8. The van der Waals surface area contributed by atoms with Crippen LogP contribution >= 0.6 is 0 Å². The Morgan fingerprint density at radius 2 is 1.72 bits per heavy atom. The lowest BCUT2D eigenvalue weighted by Gasteiger charge is -2.09. The van der Waals surface area contributed by atoms with Crippen LogP contribution in [0.4, 0.5) is 0 Å². The fourth-order valence-electron chi connectivity index (χ4n) is 1.84. The second kappa shape index (κ2) is 11.1. The van der Waals surface area contributed by atoms with Crippen LogP contribution in [0.15, 0.2) is 18.2 Å². The van der Waals surface area contributed by atoms with Crippen LogP contribution in [0.3, 0.4) is 0 Å². The SMILES string of the molecule is CC.CCCCCCOc1ccc(C)c(CC)c1. The molecule has 0 heterocycles. The Morgan fingerprint density at radius 3 is 2.33 bits per heavy atom. The Labute approximate surface area is 114 Å². The minimum Gasteiger partial charge on any atom is -0.494 e. The summed E-state index contributed by atoms with van der Waals surface area (Å²) in [6.45, 7) is 11.4. The van der Waals surface area contributed by atoms with Crippen LogP contribution in [0.2, 0.25) is 0 Å². The van der Waals surface area contributed by atoms with Gasteiger partial charge < -0.3 is 4.74 Å². The molecule has 18 heavy (non-hydrogen) atoms. The molecule has 0 spiro atoms. The number of hydrogen-bond donors (Lipinski definition) is 0. The first kappa shape index (κ1) is 17.0. The summed E-state index contributed by atoms with van der Waals surface area (Å²) in [5, 5.41) is 0. The molecule has 0 aliphatic rings. The Balaban J connectivity index is 0.00000137. The lowest BCUT2D eigenvalue weighted by atomic mass is 10.1. The van der Waals surface area contributed by atoms with Crippen LogP contribution in [0.1, 0.15) is 64.5 Å². The normalized spacial score (nSPS) is 9.61. The summed E-state index contributed by atoms with van der Waals surface area (Å²) in [6.07, 6.45) is 6.13. The van der Waals surface area contributed by atoms with Gasteiger partial charge in [-0.05, 0) is 43.0 Å². The highest BCUT2D eigenvalue weighted by Gasteiger charge is 1.99. The molecule has 0 saturated heterocycles. The van der Waals surface area contributed by atoms with E-state index in [0.29, 0.717) is 0 Å². The maximum Gasteiger partial charge on any atom is 0.119 e. The fraction of sp³-hybridized carbons (Fsp3) is 0.647. The Morgan fingerprint density at radius 1 is 1.00 bits per heavy atom. The highest BCUT2D eigenvalue weighted by molar-refractivity contribution is 5.34. The van der Waals surface area contributed by atoms with E-state index in [0.717, 1.165) is 18.8 Å². The van der Waals surface area contributed by atoms with Gasteiger partial charge in [0.1, 0.15) is 5.75 Å². The van der Waals surface area contributed by atoms with Gasteiger partial charge in [-0.3, -0.25) is 0 Å². The second-order valence-electron chi connectivity index (χ2n) is 4.35. The van der Waals surface area contributed by atoms with E-state index in [4.69, 9.17) is 4.74 Å². The molecule has 1 aromatic carbocycles. The Hall–Kier alpha value is -0.980. The summed E-state index contributed by atoms with van der Waals surface area (Å²) in [5.41, 5.74) is 2.76. The van der Waals surface area contributed by atoms with Gasteiger partial charge in [-0.25, -0.2) is 0 Å². The predicted molar refractivity (Wildman–Crippen MR) is 81.5 cm³/mol. The van der Waals surface area contributed by atoms with Crippen molar-refractivity contribution in [2.75, 3.05) is 6.61 Å². The van der Waals surface area contributed by atoms with E-state index in [1.807, 2.05) is 13.8 Å². The third-order valence-corrected chi connectivity index (χ3v) is 2.97. The number of unbranched alkanes of at least 4 members (excludes halogenated alkanes) is 3. The van der Waals surface area contributed by atoms with Crippen LogP contribution < -0.4 is 4.74 Å². The van der Waals surface area contributed by atoms with Crippen LogP contribution in [-0.4, -0.2) is 6.61 Å². The average molecular weight is 250 g/mol. The Kier molecular flexibility index (Phi) is 10.5. The monoisotopic (exact) mass is 250 g/mol. The van der Waals surface area contributed by atoms with Crippen LogP contribution in [0, 0.1) is 6.92 Å². The maximum atomic E-state index is 5.75. The number of hydrogen-bond acceptors (Lipinski definition) is 1. The third kappa shape index (κ3) is 6.68. The van der Waals surface area contributed by atoms with Crippen molar-refractivity contribution in [3.05, 3.63) is 29.3 Å². The van der Waals surface area contributed by atoms with Gasteiger partial charge in [0.05, 0.1) is 6.61 Å². The molecule has 0 bridgehead atoms. The molecule has 0 amide bonds. The van der Waals surface area contributed by atoms with Gasteiger partial charge in [0, 0.05) is 0 Å². The van der Waals surface area contributed by atoms with E-state index < -0.39 is 0 Å². The fourth-order valence-corrected chi connectivity index (χ4v) is 1.84. The molecule has 0 saturated carbocycles. The van der Waals surface area contributed by atoms with Gasteiger partial charge in [0.25, 0.3) is 0 Å². The van der Waals surface area contributed by atoms with Crippen molar-refractivity contribution in [3.63, 3.8) is 0 Å². The van der Waals surface area contributed by atoms with Crippen LogP contribution in [0.25, 0.3) is 0 Å². The molecule has 0 unspecified atom stereocenters. The first-order valence-corrected chi connectivity index (χ1v) is 7.50. The predicted octanol–water partition coefficient (Wildman–Crippen LogP) is 5.54. The van der Waals surface area contributed by atoms with Gasteiger partial charge in [0.2, 0.25) is 0 Å². The van der Waals surface area contributed by atoms with Crippen molar-refractivity contribution in [2.24, 2.45) is 0 Å². The van der Waals surface area contributed by atoms with E-state index in [2.05, 4.69) is 39.0 Å². The molecule has 0 atom stereocenters. The summed E-state index contributed by atoms with van der Waals surface area (Å²) in [7, 11) is 0. The van der Waals surface area contributed by atoms with Crippen LogP contribution in [-0.2, 0) is 6.42 Å². The van der Waals surface area contributed by atoms with Crippen molar-refractivity contribution in [1.82, 2.24) is 0 Å². The molecule has 0 N–H and O–H groups in total. The van der Waals surface area contributed by atoms with Gasteiger partial charge in [-0.15, -0.1) is 0 Å². The summed E-state index contributed by atoms with van der Waals surface area (Å²) < 4.78 is 5.75. The number of benzene rings is 1. The zero-order valence-corrected chi connectivity index (χ0v) is 12.9. The smallest absolute Gasteiger partial charge is 0.119 e. The van der Waals surface area contributed by atoms with Crippen molar-refractivity contribution in [3.8, 4) is 5.75 Å². The van der Waals surface area contributed by atoms with Crippen molar-refractivity contribution >= 4 is 0 Å². The molecule has 0 aliphatic carbocycles. The molecule has 0 radical (unpaired) electrons. The summed E-state index contributed by atoms with van der Waals surface area (Å²) in [5.74, 6) is 1.03. The minimum absolute atomic E-state index is 0.853. The molecule has 0 fully saturated rings. The van der Waals surface area contributed by atoms with Gasteiger partial charge >= 0.3 is 0 Å². The molecular weight excluding hydrogens is 220 g/mol. The van der Waals surface area contributed by atoms with E-state index in [-0.39, 0.29) is 0 Å². The standard InChI is InChI=1S/C15H24O.C2H6/c1-4-6-7-8-11-16-15-10-9-13(3)14(5-2)12-15;1-2/h9-10,12H,4-8,11H2,1-3H3;1-2H3. The van der Waals surface area contributed by atoms with E-state index in [9.17, 15) is 0 Å². The molecule has 0 aliphatic heterocycles. The first-order chi connectivity index (χ1) is 8.77. The van der Waals surface area contributed by atoms with Crippen LogP contribution in [0.5, 0.6) is 5.75 Å². The quantitative estimate of drug-likeness (QED) is 0.577. The van der Waals surface area contributed by atoms with Gasteiger partial charge in [-0.1, -0.05) is 53.0 Å². The topological polar surface area (TPSA) is 9.23 Å². The first-order valence-electron chi connectivity index (χ1n) is 7.50. The highest BCUT2D eigenvalue weighted by atomic mass is 16.5. The lowest BCUT2D eigenvalue weighted by molar-refractivity contribution is 0.305. The zero-order valence-electron chi connectivity index (χ0n) is 12.9. The maximum absolute atomic E-state index is 5.75. The van der Waals surface area contributed by atoms with Crippen molar-refractivity contribution in [2.45, 2.75) is 66.7 Å². The van der Waals surface area contributed by atoms with Gasteiger partial charge in [-0.2, -0.15) is 0 Å². The molecule has 0 aromatic heterocycles. The highest BCUT2D eigenvalue weighted by Crippen LogP contribution is 2.18. The molecule has 1 nitrogen and oxygen atoms in total. The average Bonchev–Trinajstić information content (AvgIpc) is 2.42. The molecule has 1 rings (SSSR count). The molecule has 1 aromatic rings. The second-order valence-corrected chi connectivity index (χ2v) is 4.35. The lowest BCUT2D eigenvalue weighted by Crippen LogP contribution is -1.98. The summed E-state index contributed by atoms with van der Waals surface area (Å²) in [4.78, 5) is 0. The number of rotatable bonds is 7. The number of ether oxygens (including phenoxy) is 1. The third-order valence-electron chi connectivity index (χ3n) is 2.97. The Bertz CT molecular complexity index is 304. The summed E-state index contributed by atoms with van der Waals surface area (Å²) >= 11 is 0. The molecule has 104 valence electrons. The van der Waals surface area contributed by atoms with Gasteiger partial charge in [0.15, 0.2) is 0 Å². The van der Waals surface area contributed by atoms with E-state index in [1.165, 1.54) is 36.8 Å². The minimum atomic E-state index is 0.853. The van der Waals surface area contributed by atoms with E-state index in [1.54, 1.807) is 0 Å². The molecule has 1 heteroatoms. The molecular formula is C17H30O. The number of aryl methyl sites for hydroxylation is 2. The van der Waals surface area contributed by atoms with Crippen molar-refractivity contribution < 1.29 is 4.74 Å². The summed E-state index contributed by atoms with van der Waals surface area (Å²) in [6, 6.07) is 6.41.